The molecule has 3 rings (SSSR count). The van der Waals surface area contributed by atoms with Gasteiger partial charge >= 0.3 is 0 Å². The summed E-state index contributed by atoms with van der Waals surface area (Å²) in [5, 5.41) is 13.8. The quantitative estimate of drug-likeness (QED) is 0.530. The molecule has 1 aliphatic rings. The van der Waals surface area contributed by atoms with Crippen molar-refractivity contribution in [3.05, 3.63) is 61.2 Å². The molecule has 2 heterocycles. The van der Waals surface area contributed by atoms with Crippen LogP contribution in [0, 0.1) is 13.8 Å². The van der Waals surface area contributed by atoms with Crippen molar-refractivity contribution < 1.29 is 19.6 Å². The van der Waals surface area contributed by atoms with E-state index in [2.05, 4.69) is 34.8 Å². The first kappa shape index (κ1) is 23.6. The van der Waals surface area contributed by atoms with Gasteiger partial charge in [-0.2, -0.15) is 0 Å². The molecule has 1 aliphatic heterocycles. The van der Waals surface area contributed by atoms with Gasteiger partial charge in [-0.05, 0) is 51.2 Å². The Hall–Kier alpha value is -2.03. The van der Waals surface area contributed by atoms with Crippen LogP contribution < -0.4 is 10.0 Å². The number of Topliss-reactive ketones (excluding diaryl/α,β-unsaturated/α-hetero) is 1. The third-order valence-electron chi connectivity index (χ3n) is 5.75. The van der Waals surface area contributed by atoms with Crippen LogP contribution in [-0.2, 0) is 4.79 Å². The second kappa shape index (κ2) is 10.1. The highest BCUT2D eigenvalue weighted by Gasteiger charge is 2.40. The van der Waals surface area contributed by atoms with E-state index in [9.17, 15) is 14.7 Å². The molecular formula is C23H28BrN3O3S. The number of ketones is 1. The second-order valence-electron chi connectivity index (χ2n) is 7.73. The van der Waals surface area contributed by atoms with Gasteiger partial charge in [-0.15, -0.1) is 11.3 Å². The van der Waals surface area contributed by atoms with Gasteiger partial charge in [0.2, 0.25) is 11.7 Å². The summed E-state index contributed by atoms with van der Waals surface area (Å²) in [6, 6.07) is 6.78. The summed E-state index contributed by atoms with van der Waals surface area (Å²) in [4.78, 5) is 34.2. The maximum absolute atomic E-state index is 13.4. The Labute approximate surface area is 195 Å². The van der Waals surface area contributed by atoms with Crippen LogP contribution in [-0.4, -0.2) is 47.8 Å². The molecule has 0 spiro atoms. The molecule has 0 radical (unpaired) electrons. The number of carbonyl (C=O) groups is 2. The fraction of sp³-hybridized carbons (Fsp3) is 0.435. The van der Waals surface area contributed by atoms with Crippen LogP contribution in [0.4, 0.5) is 0 Å². The Kier molecular flexibility index (Phi) is 7.67. The van der Waals surface area contributed by atoms with E-state index in [1.165, 1.54) is 16.2 Å². The molecule has 0 fully saturated rings. The minimum atomic E-state index is -0.696. The van der Waals surface area contributed by atoms with Crippen LogP contribution in [0.1, 0.15) is 52.2 Å². The lowest BCUT2D eigenvalue weighted by atomic mass is 9.95. The molecule has 0 aliphatic carbocycles. The minimum absolute atomic E-state index is 0.0364. The number of rotatable bonds is 9. The third-order valence-corrected chi connectivity index (χ3v) is 7.35. The Morgan fingerprint density at radius 1 is 1.23 bits per heavy atom. The molecule has 0 saturated heterocycles. The minimum Gasteiger partial charge on any atom is -0.868 e. The first-order valence-corrected chi connectivity index (χ1v) is 12.2. The number of thiazole rings is 1. The number of hydrogen-bond donors (Lipinski definition) is 1. The Balaban J connectivity index is 1.97. The molecular weight excluding hydrogens is 478 g/mol. The van der Waals surface area contributed by atoms with E-state index in [1.807, 2.05) is 31.2 Å². The maximum atomic E-state index is 13.4. The monoisotopic (exact) mass is 505 g/mol. The average Bonchev–Trinajstić information content (AvgIpc) is 3.21. The summed E-state index contributed by atoms with van der Waals surface area (Å²) in [6.45, 7) is 11.2. The molecule has 1 unspecified atom stereocenters. The Morgan fingerprint density at radius 3 is 2.42 bits per heavy atom. The van der Waals surface area contributed by atoms with Gasteiger partial charge in [-0.3, -0.25) is 9.59 Å². The Morgan fingerprint density at radius 2 is 1.87 bits per heavy atom. The van der Waals surface area contributed by atoms with Crippen molar-refractivity contribution in [3.8, 4) is 0 Å². The smallest absolute Gasteiger partial charge is 0.239 e. The lowest BCUT2D eigenvalue weighted by Gasteiger charge is -2.28. The fourth-order valence-corrected chi connectivity index (χ4v) is 5.20. The van der Waals surface area contributed by atoms with Gasteiger partial charge in [0.15, 0.2) is 0 Å². The number of carbonyl (C=O) groups excluding carboxylic acids is 2. The van der Waals surface area contributed by atoms with Gasteiger partial charge in [0.05, 0.1) is 41.3 Å². The van der Waals surface area contributed by atoms with Crippen molar-refractivity contribution >= 4 is 39.0 Å². The maximum Gasteiger partial charge on any atom is 0.239 e. The van der Waals surface area contributed by atoms with Crippen LogP contribution in [0.3, 0.4) is 0 Å². The van der Waals surface area contributed by atoms with E-state index >= 15 is 0 Å². The fourth-order valence-electron chi connectivity index (χ4n) is 4.06. The van der Waals surface area contributed by atoms with Gasteiger partial charge in [-0.1, -0.05) is 28.1 Å². The van der Waals surface area contributed by atoms with Crippen LogP contribution in [0.2, 0.25) is 0 Å². The molecule has 1 aromatic carbocycles. The number of hydrogen-bond acceptors (Lipinski definition) is 5. The summed E-state index contributed by atoms with van der Waals surface area (Å²) >= 11 is 4.70. The number of benzene rings is 1. The first-order chi connectivity index (χ1) is 14.8. The lowest BCUT2D eigenvalue weighted by molar-refractivity contribution is -0.896. The van der Waals surface area contributed by atoms with Crippen LogP contribution in [0.15, 0.2) is 40.1 Å². The standard InChI is InChI=1S/C23H28BrN3O3S/c1-5-26(6-2)12-7-13-27-19(16-8-10-17(24)11-9-16)18(21(29)23(27)30)20(28)22-14(3)25-15(4)31-22/h8-11,19,29H,5-7,12-13H2,1-4H3. The number of nitrogens with one attached hydrogen (secondary N) is 1. The highest BCUT2D eigenvalue weighted by molar-refractivity contribution is 9.10. The van der Waals surface area contributed by atoms with Gasteiger partial charge in [0, 0.05) is 23.0 Å². The molecule has 1 atom stereocenters. The number of halogens is 1. The number of aromatic nitrogens is 1. The summed E-state index contributed by atoms with van der Waals surface area (Å²) in [7, 11) is 0. The van der Waals surface area contributed by atoms with Crippen molar-refractivity contribution in [2.45, 2.75) is 40.2 Å². The zero-order valence-electron chi connectivity index (χ0n) is 18.3. The third kappa shape index (κ3) is 4.91. The molecule has 1 amide bonds. The van der Waals surface area contributed by atoms with Gasteiger partial charge < -0.3 is 14.9 Å². The molecule has 166 valence electrons. The van der Waals surface area contributed by atoms with Crippen molar-refractivity contribution in [1.82, 2.24) is 9.88 Å². The number of aryl methyl sites for hydroxylation is 2. The van der Waals surface area contributed by atoms with Crippen molar-refractivity contribution in [3.63, 3.8) is 0 Å². The summed E-state index contributed by atoms with van der Waals surface area (Å²) in [5.74, 6) is -1.67. The summed E-state index contributed by atoms with van der Waals surface area (Å²) < 4.78 is 0.894. The van der Waals surface area contributed by atoms with E-state index in [1.54, 1.807) is 11.8 Å². The first-order valence-electron chi connectivity index (χ1n) is 10.6. The largest absolute Gasteiger partial charge is 0.868 e. The van der Waals surface area contributed by atoms with Crippen molar-refractivity contribution in [2.75, 3.05) is 26.2 Å². The van der Waals surface area contributed by atoms with E-state index in [0.717, 1.165) is 41.1 Å². The number of amides is 1. The van der Waals surface area contributed by atoms with Gasteiger partial charge in [-0.25, -0.2) is 4.98 Å². The van der Waals surface area contributed by atoms with E-state index in [-0.39, 0.29) is 11.4 Å². The Bertz CT molecular complexity index is 996. The van der Waals surface area contributed by atoms with E-state index in [4.69, 9.17) is 0 Å². The molecule has 0 saturated carbocycles. The number of quaternary nitrogens is 1. The summed E-state index contributed by atoms with van der Waals surface area (Å²) in [5.41, 5.74) is 1.40. The second-order valence-corrected chi connectivity index (χ2v) is 9.85. The molecule has 1 N–H and O–H groups in total. The SMILES string of the molecule is CC[NH+](CC)CCCN1C(=O)C([O-])=C(C(=O)c2sc(C)nc2C)C1c1ccc(Br)cc1. The topological polar surface area (TPSA) is 77.8 Å². The van der Waals surface area contributed by atoms with Crippen LogP contribution in [0.5, 0.6) is 0 Å². The average molecular weight is 506 g/mol. The molecule has 31 heavy (non-hydrogen) atoms. The van der Waals surface area contributed by atoms with Crippen LogP contribution >= 0.6 is 27.3 Å². The van der Waals surface area contributed by atoms with Gasteiger partial charge in [0.25, 0.3) is 0 Å². The van der Waals surface area contributed by atoms with Crippen molar-refractivity contribution in [1.29, 1.82) is 0 Å². The zero-order valence-corrected chi connectivity index (χ0v) is 20.7. The lowest BCUT2D eigenvalue weighted by Crippen LogP contribution is -3.11. The number of nitrogens with zero attached hydrogens (tertiary/aromatic N) is 2. The predicted octanol–water partition coefficient (Wildman–Crippen LogP) is 2.22. The van der Waals surface area contributed by atoms with E-state index < -0.39 is 17.7 Å². The molecule has 8 heteroatoms. The van der Waals surface area contributed by atoms with Gasteiger partial charge in [0.1, 0.15) is 0 Å². The molecule has 0 bridgehead atoms. The summed E-state index contributed by atoms with van der Waals surface area (Å²) in [6.07, 6.45) is 0.767. The van der Waals surface area contributed by atoms with Crippen LogP contribution in [0.25, 0.3) is 0 Å². The van der Waals surface area contributed by atoms with E-state index in [0.29, 0.717) is 17.1 Å². The molecule has 2 aromatic rings. The zero-order chi connectivity index (χ0) is 22.7. The molecule has 6 nitrogen and oxygen atoms in total. The normalized spacial score (nSPS) is 16.6. The highest BCUT2D eigenvalue weighted by Crippen LogP contribution is 2.39. The molecule has 1 aromatic heterocycles. The van der Waals surface area contributed by atoms with Crippen molar-refractivity contribution in [2.24, 2.45) is 0 Å². The highest BCUT2D eigenvalue weighted by atomic mass is 79.9. The predicted molar refractivity (Wildman–Crippen MR) is 123 cm³/mol.